The minimum atomic E-state index is -0.177. The van der Waals surface area contributed by atoms with Crippen LogP contribution in [0.3, 0.4) is 0 Å². The van der Waals surface area contributed by atoms with E-state index < -0.39 is 0 Å². The zero-order valence-electron chi connectivity index (χ0n) is 23.6. The van der Waals surface area contributed by atoms with Gasteiger partial charge in [0.2, 0.25) is 17.7 Å². The molecule has 4 heterocycles. The Bertz CT molecular complexity index is 933. The molecule has 10 unspecified atom stereocenters. The molecule has 218 valence electrons. The average Bonchev–Trinajstić information content (AvgIpc) is 3.52. The first kappa shape index (κ1) is 27.4. The summed E-state index contributed by atoms with van der Waals surface area (Å²) in [5.74, 6) is 1.61. The maximum atomic E-state index is 14.2. The Balaban J connectivity index is 1.05. The van der Waals surface area contributed by atoms with Crippen LogP contribution in [-0.4, -0.2) is 111 Å². The molecule has 0 aromatic rings. The maximum Gasteiger partial charge on any atom is 0.246 e. The Morgan fingerprint density at radius 2 is 1.92 bits per heavy atom. The van der Waals surface area contributed by atoms with Crippen LogP contribution in [0.25, 0.3) is 0 Å². The van der Waals surface area contributed by atoms with Crippen LogP contribution in [0.2, 0.25) is 0 Å². The van der Waals surface area contributed by atoms with Gasteiger partial charge < -0.3 is 34.6 Å². The zero-order chi connectivity index (χ0) is 27.1. The Hall–Kier alpha value is -1.75. The summed E-state index contributed by atoms with van der Waals surface area (Å²) < 4.78 is 17.8. The first-order valence-electron chi connectivity index (χ1n) is 15.4. The molecule has 4 aliphatic heterocycles. The number of nitrogens with one attached hydrogen (secondary N) is 1. The van der Waals surface area contributed by atoms with Crippen molar-refractivity contribution in [3.05, 3.63) is 0 Å². The van der Waals surface area contributed by atoms with Gasteiger partial charge in [-0.3, -0.25) is 14.4 Å². The third-order valence-electron chi connectivity index (χ3n) is 10.9. The number of fused-ring (bicyclic) bond motifs is 5. The highest BCUT2D eigenvalue weighted by Gasteiger charge is 2.66. The second-order valence-electron chi connectivity index (χ2n) is 12.7. The predicted octanol–water partition coefficient (Wildman–Crippen LogP) is -0.0985. The number of hydrogen-bond donors (Lipinski definition) is 2. The highest BCUT2D eigenvalue weighted by molar-refractivity contribution is 5.82. The molecule has 2 aliphatic carbocycles. The van der Waals surface area contributed by atoms with Crippen molar-refractivity contribution in [1.29, 1.82) is 0 Å². The molecule has 0 spiro atoms. The molecule has 2 saturated carbocycles. The molecule has 0 radical (unpaired) electrons. The lowest BCUT2D eigenvalue weighted by Crippen LogP contribution is -2.99. The number of quaternary nitrogens is 1. The number of amides is 3. The number of hydrogen-bond acceptors (Lipinski definition) is 6. The molecular weight excluding hydrogens is 500 g/mol. The molecule has 6 rings (SSSR count). The Kier molecular flexibility index (Phi) is 8.17. The normalized spacial score (nSPS) is 41.3. The number of nitrogens with two attached hydrogens (primary N) is 1. The molecule has 6 fully saturated rings. The van der Waals surface area contributed by atoms with Crippen LogP contribution in [-0.2, 0) is 28.6 Å². The molecule has 39 heavy (non-hydrogen) atoms. The van der Waals surface area contributed by atoms with Gasteiger partial charge in [0.05, 0.1) is 36.8 Å². The number of likely N-dealkylation sites (tertiary alicyclic amines) is 1. The monoisotopic (exact) mass is 547 g/mol. The van der Waals surface area contributed by atoms with Crippen LogP contribution in [0.1, 0.15) is 57.8 Å². The van der Waals surface area contributed by atoms with E-state index in [0.29, 0.717) is 49.3 Å². The van der Waals surface area contributed by atoms with Crippen LogP contribution in [0.4, 0.5) is 0 Å². The van der Waals surface area contributed by atoms with E-state index in [9.17, 15) is 14.4 Å². The number of nitrogens with zero attached hydrogens (tertiary/aromatic N) is 2. The van der Waals surface area contributed by atoms with E-state index in [0.717, 1.165) is 64.5 Å². The van der Waals surface area contributed by atoms with Crippen LogP contribution >= 0.6 is 0 Å². The van der Waals surface area contributed by atoms with Crippen molar-refractivity contribution in [2.75, 3.05) is 47.0 Å². The van der Waals surface area contributed by atoms with Crippen LogP contribution < -0.4 is 10.6 Å². The number of ether oxygens (including phenoxy) is 3. The van der Waals surface area contributed by atoms with E-state index in [1.807, 2.05) is 4.90 Å². The summed E-state index contributed by atoms with van der Waals surface area (Å²) in [5.41, 5.74) is 0. The summed E-state index contributed by atoms with van der Waals surface area (Å²) in [6, 6.07) is 1.02. The molecule has 10 heteroatoms. The van der Waals surface area contributed by atoms with Crippen molar-refractivity contribution in [3.8, 4) is 0 Å². The molecule has 0 aromatic carbocycles. The Morgan fingerprint density at radius 3 is 2.69 bits per heavy atom. The highest BCUT2D eigenvalue weighted by atomic mass is 16.5. The Labute approximate surface area is 231 Å². The van der Waals surface area contributed by atoms with E-state index in [2.05, 4.69) is 15.5 Å². The third kappa shape index (κ3) is 5.00. The molecule has 10 nitrogen and oxygen atoms in total. The fraction of sp³-hybridized carbons (Fsp3) is 0.897. The molecule has 0 bridgehead atoms. The lowest BCUT2D eigenvalue weighted by Gasteiger charge is -2.53. The van der Waals surface area contributed by atoms with Crippen molar-refractivity contribution in [1.82, 2.24) is 15.1 Å². The number of carbonyl (C=O) groups excluding carboxylic acids is 3. The second kappa shape index (κ2) is 11.6. The summed E-state index contributed by atoms with van der Waals surface area (Å²) in [4.78, 5) is 42.5. The number of carbonyl (C=O) groups is 3. The van der Waals surface area contributed by atoms with E-state index in [1.54, 1.807) is 14.2 Å². The van der Waals surface area contributed by atoms with Gasteiger partial charge in [-0.25, -0.2) is 0 Å². The van der Waals surface area contributed by atoms with Gasteiger partial charge in [-0.05, 0) is 56.8 Å². The number of rotatable bonds is 9. The quantitative estimate of drug-likeness (QED) is 0.390. The second-order valence-corrected chi connectivity index (χ2v) is 12.7. The topological polar surface area (TPSA) is 114 Å². The molecule has 6 aliphatic rings. The van der Waals surface area contributed by atoms with Crippen LogP contribution in [0.15, 0.2) is 0 Å². The van der Waals surface area contributed by atoms with E-state index in [-0.39, 0.29) is 54.6 Å². The van der Waals surface area contributed by atoms with Gasteiger partial charge in [0, 0.05) is 58.7 Å². The van der Waals surface area contributed by atoms with E-state index >= 15 is 0 Å². The minimum Gasteiger partial charge on any atom is -0.379 e. The number of piperidine rings is 2. The van der Waals surface area contributed by atoms with E-state index in [4.69, 9.17) is 14.2 Å². The minimum absolute atomic E-state index is 0.0208. The van der Waals surface area contributed by atoms with Crippen molar-refractivity contribution in [2.24, 2.45) is 23.7 Å². The largest absolute Gasteiger partial charge is 0.379 e. The lowest BCUT2D eigenvalue weighted by molar-refractivity contribution is -0.713. The molecule has 3 N–H and O–H groups in total. The fourth-order valence-corrected chi connectivity index (χ4v) is 9.34. The third-order valence-corrected chi connectivity index (χ3v) is 10.9. The van der Waals surface area contributed by atoms with Crippen molar-refractivity contribution < 1.29 is 33.9 Å². The summed E-state index contributed by atoms with van der Waals surface area (Å²) in [5, 5.41) is 5.48. The number of methoxy groups -OCH3 is 2. The molecule has 3 amide bonds. The molecule has 0 aromatic heterocycles. The maximum absolute atomic E-state index is 14.2. The van der Waals surface area contributed by atoms with Gasteiger partial charge in [-0.2, -0.15) is 0 Å². The van der Waals surface area contributed by atoms with Crippen molar-refractivity contribution in [3.63, 3.8) is 0 Å². The molecule has 4 saturated heterocycles. The standard InChI is InChI=1S/C29H46N4O6/c1-37-22-9-7-19-25(28(22)38-2)29(36)33-21-8-6-17(15-20(21)18-10-12-31-26(19)27(18)33)39-16-23(34)30-11-4-14-32-13-3-5-24(32)35/h17-22,25-28,31H,3-16H2,1-2H3,(H,30,34)/p+1. The van der Waals surface area contributed by atoms with Gasteiger partial charge >= 0.3 is 0 Å². The summed E-state index contributed by atoms with van der Waals surface area (Å²) in [6.45, 7) is 3.31. The fourth-order valence-electron chi connectivity index (χ4n) is 9.34. The first-order chi connectivity index (χ1) is 19.0. The van der Waals surface area contributed by atoms with Crippen molar-refractivity contribution >= 4 is 17.7 Å². The van der Waals surface area contributed by atoms with Gasteiger partial charge in [-0.15, -0.1) is 0 Å². The molecule has 10 atom stereocenters. The van der Waals surface area contributed by atoms with Gasteiger partial charge in [0.1, 0.15) is 12.6 Å². The smallest absolute Gasteiger partial charge is 0.246 e. The van der Waals surface area contributed by atoms with Crippen molar-refractivity contribution in [2.45, 2.75) is 94.2 Å². The predicted molar refractivity (Wildman–Crippen MR) is 141 cm³/mol. The zero-order valence-corrected chi connectivity index (χ0v) is 23.6. The van der Waals surface area contributed by atoms with Crippen LogP contribution in [0.5, 0.6) is 0 Å². The van der Waals surface area contributed by atoms with Gasteiger partial charge in [0.25, 0.3) is 0 Å². The lowest BCUT2D eigenvalue weighted by atomic mass is 9.64. The highest BCUT2D eigenvalue weighted by Crippen LogP contribution is 2.53. The summed E-state index contributed by atoms with van der Waals surface area (Å²) in [7, 11) is 3.46. The first-order valence-corrected chi connectivity index (χ1v) is 15.4. The summed E-state index contributed by atoms with van der Waals surface area (Å²) >= 11 is 0. The molecular formula is C29H47N4O6+. The Morgan fingerprint density at radius 1 is 1.05 bits per heavy atom. The van der Waals surface area contributed by atoms with Crippen LogP contribution in [0, 0.1) is 23.7 Å². The van der Waals surface area contributed by atoms with Gasteiger partial charge in [-0.1, -0.05) is 0 Å². The van der Waals surface area contributed by atoms with E-state index in [1.165, 1.54) is 0 Å². The SMILES string of the molecule is COC1CCC2C3[NH2+]CCC4C5CC(OCC(=O)NCCCN6CCCC6=O)CCC5N(C(=O)C2C1OC)C43. The average molecular weight is 548 g/mol. The summed E-state index contributed by atoms with van der Waals surface area (Å²) in [6.07, 6.45) is 8.10. The van der Waals surface area contributed by atoms with Gasteiger partial charge in [0.15, 0.2) is 0 Å².